The van der Waals surface area contributed by atoms with E-state index in [4.69, 9.17) is 0 Å². The van der Waals surface area contributed by atoms with Gasteiger partial charge in [-0.2, -0.15) is 5.10 Å². The van der Waals surface area contributed by atoms with Crippen molar-refractivity contribution < 1.29 is 4.79 Å². The number of benzene rings is 2. The highest BCUT2D eigenvalue weighted by molar-refractivity contribution is 7.09. The van der Waals surface area contributed by atoms with E-state index in [2.05, 4.69) is 15.4 Å². The summed E-state index contributed by atoms with van der Waals surface area (Å²) in [7, 11) is 0. The summed E-state index contributed by atoms with van der Waals surface area (Å²) in [5, 5.41) is 10.5. The molecular weight excluding hydrogens is 380 g/mol. The van der Waals surface area contributed by atoms with Gasteiger partial charge in [-0.25, -0.2) is 4.98 Å². The molecule has 146 valence electrons. The lowest BCUT2D eigenvalue weighted by Gasteiger charge is -2.09. The minimum absolute atomic E-state index is 0.127. The van der Waals surface area contributed by atoms with Crippen LogP contribution in [0.1, 0.15) is 32.3 Å². The van der Waals surface area contributed by atoms with Gasteiger partial charge in [0.25, 0.3) is 5.91 Å². The summed E-state index contributed by atoms with van der Waals surface area (Å²) >= 11 is 1.63. The molecule has 0 aliphatic rings. The quantitative estimate of drug-likeness (QED) is 0.497. The molecular formula is C23H22N4OS. The van der Waals surface area contributed by atoms with Gasteiger partial charge in [0.1, 0.15) is 0 Å². The Morgan fingerprint density at radius 1 is 1.07 bits per heavy atom. The number of carbonyl (C=O) groups excluding carboxylic acids is 1. The second-order valence-corrected chi connectivity index (χ2v) is 8.13. The zero-order valence-corrected chi connectivity index (χ0v) is 17.5. The van der Waals surface area contributed by atoms with Crippen molar-refractivity contribution in [3.8, 4) is 11.3 Å². The van der Waals surface area contributed by atoms with Crippen LogP contribution in [0.5, 0.6) is 0 Å². The van der Waals surface area contributed by atoms with Crippen LogP contribution in [0.4, 0.5) is 5.69 Å². The van der Waals surface area contributed by atoms with Crippen LogP contribution in [0.2, 0.25) is 0 Å². The van der Waals surface area contributed by atoms with Gasteiger partial charge in [-0.05, 0) is 56.7 Å². The minimum atomic E-state index is -0.127. The molecule has 0 aliphatic heterocycles. The molecule has 0 saturated carbocycles. The molecule has 0 saturated heterocycles. The van der Waals surface area contributed by atoms with E-state index >= 15 is 0 Å². The van der Waals surface area contributed by atoms with Crippen LogP contribution in [0.15, 0.2) is 60.0 Å². The van der Waals surface area contributed by atoms with E-state index in [0.29, 0.717) is 12.1 Å². The molecule has 4 aromatic rings. The average molecular weight is 403 g/mol. The first kappa shape index (κ1) is 19.1. The number of nitrogens with zero attached hydrogens (tertiary/aromatic N) is 3. The monoisotopic (exact) mass is 402 g/mol. The Kier molecular flexibility index (Phi) is 5.27. The van der Waals surface area contributed by atoms with E-state index in [1.807, 2.05) is 85.4 Å². The van der Waals surface area contributed by atoms with Crippen molar-refractivity contribution in [3.05, 3.63) is 87.5 Å². The van der Waals surface area contributed by atoms with Crippen molar-refractivity contribution in [2.24, 2.45) is 0 Å². The fourth-order valence-electron chi connectivity index (χ4n) is 3.24. The lowest BCUT2D eigenvalue weighted by molar-refractivity contribution is 0.102. The van der Waals surface area contributed by atoms with E-state index in [1.54, 1.807) is 11.3 Å². The second-order valence-electron chi connectivity index (χ2n) is 7.07. The number of anilines is 1. The Bertz CT molecular complexity index is 1160. The molecule has 0 atom stereocenters. The van der Waals surface area contributed by atoms with Crippen molar-refractivity contribution in [2.75, 3.05) is 5.32 Å². The predicted octanol–water partition coefficient (Wildman–Crippen LogP) is 5.23. The Labute approximate surface area is 174 Å². The molecule has 1 amide bonds. The number of hydrogen-bond acceptors (Lipinski definition) is 4. The summed E-state index contributed by atoms with van der Waals surface area (Å²) < 4.78 is 1.95. The molecule has 6 heteroatoms. The number of aryl methyl sites for hydroxylation is 3. The Morgan fingerprint density at radius 2 is 1.86 bits per heavy atom. The first-order valence-corrected chi connectivity index (χ1v) is 10.3. The van der Waals surface area contributed by atoms with Gasteiger partial charge in [-0.1, -0.05) is 24.3 Å². The highest BCUT2D eigenvalue weighted by atomic mass is 32.1. The van der Waals surface area contributed by atoms with Gasteiger partial charge >= 0.3 is 0 Å². The maximum atomic E-state index is 12.7. The third-order valence-corrected chi connectivity index (χ3v) is 5.46. The number of aromatic nitrogens is 3. The van der Waals surface area contributed by atoms with Crippen LogP contribution >= 0.6 is 11.3 Å². The van der Waals surface area contributed by atoms with Gasteiger partial charge in [0.2, 0.25) is 0 Å². The summed E-state index contributed by atoms with van der Waals surface area (Å²) in [5.74, 6) is -0.127. The summed E-state index contributed by atoms with van der Waals surface area (Å²) in [4.78, 5) is 17.2. The second kappa shape index (κ2) is 8.01. The lowest BCUT2D eigenvalue weighted by Crippen LogP contribution is -2.12. The van der Waals surface area contributed by atoms with Crippen LogP contribution in [-0.2, 0) is 6.54 Å². The number of carbonyl (C=O) groups is 1. The smallest absolute Gasteiger partial charge is 0.255 e. The van der Waals surface area contributed by atoms with E-state index in [9.17, 15) is 4.79 Å². The number of amides is 1. The largest absolute Gasteiger partial charge is 0.322 e. The van der Waals surface area contributed by atoms with Crippen LogP contribution < -0.4 is 5.32 Å². The molecule has 0 aliphatic carbocycles. The summed E-state index contributed by atoms with van der Waals surface area (Å²) in [6.07, 6.45) is 0. The standard InChI is InChI=1S/C23H22N4OS/c1-15-11-16(2)27(26-15)13-18-5-4-6-20(12-18)23(28)25-21-9-7-19(8-10-21)22-14-29-17(3)24-22/h4-12,14H,13H2,1-3H3,(H,25,28). The molecule has 1 N–H and O–H groups in total. The number of nitrogens with one attached hydrogen (secondary N) is 1. The Hall–Kier alpha value is -3.25. The van der Waals surface area contributed by atoms with Crippen LogP contribution in [0, 0.1) is 20.8 Å². The minimum Gasteiger partial charge on any atom is -0.322 e. The van der Waals surface area contributed by atoms with Gasteiger partial charge in [-0.3, -0.25) is 9.48 Å². The molecule has 2 aromatic carbocycles. The van der Waals surface area contributed by atoms with Crippen LogP contribution in [-0.4, -0.2) is 20.7 Å². The zero-order valence-electron chi connectivity index (χ0n) is 16.6. The van der Waals surface area contributed by atoms with E-state index in [0.717, 1.165) is 38.9 Å². The SMILES string of the molecule is Cc1cc(C)n(Cc2cccc(C(=O)Nc3ccc(-c4csc(C)n4)cc3)c2)n1. The highest BCUT2D eigenvalue weighted by Crippen LogP contribution is 2.23. The molecule has 29 heavy (non-hydrogen) atoms. The average Bonchev–Trinajstić information content (AvgIpc) is 3.27. The maximum absolute atomic E-state index is 12.7. The molecule has 0 bridgehead atoms. The number of rotatable bonds is 5. The fraction of sp³-hybridized carbons (Fsp3) is 0.174. The summed E-state index contributed by atoms with van der Waals surface area (Å²) in [6.45, 7) is 6.65. The number of thiazole rings is 1. The van der Waals surface area contributed by atoms with Crippen molar-refractivity contribution in [1.82, 2.24) is 14.8 Å². The van der Waals surface area contributed by atoms with Crippen molar-refractivity contribution in [3.63, 3.8) is 0 Å². The van der Waals surface area contributed by atoms with Gasteiger partial charge < -0.3 is 5.32 Å². The maximum Gasteiger partial charge on any atom is 0.255 e. The Balaban J connectivity index is 1.46. The van der Waals surface area contributed by atoms with Crippen LogP contribution in [0.25, 0.3) is 11.3 Å². The normalized spacial score (nSPS) is 10.9. The fourth-order valence-corrected chi connectivity index (χ4v) is 3.86. The first-order chi connectivity index (χ1) is 14.0. The summed E-state index contributed by atoms with van der Waals surface area (Å²) in [5.41, 5.74) is 6.53. The lowest BCUT2D eigenvalue weighted by atomic mass is 10.1. The first-order valence-electron chi connectivity index (χ1n) is 9.42. The zero-order chi connectivity index (χ0) is 20.4. The molecule has 0 unspecified atom stereocenters. The highest BCUT2D eigenvalue weighted by Gasteiger charge is 2.09. The third-order valence-electron chi connectivity index (χ3n) is 4.68. The Morgan fingerprint density at radius 3 is 2.52 bits per heavy atom. The van der Waals surface area contributed by atoms with E-state index in [-0.39, 0.29) is 5.91 Å². The molecule has 0 fully saturated rings. The summed E-state index contributed by atoms with van der Waals surface area (Å²) in [6, 6.07) is 17.5. The van der Waals surface area contributed by atoms with Gasteiger partial charge in [-0.15, -0.1) is 11.3 Å². The molecule has 2 aromatic heterocycles. The van der Waals surface area contributed by atoms with E-state index < -0.39 is 0 Å². The topological polar surface area (TPSA) is 59.8 Å². The molecule has 4 rings (SSSR count). The molecule has 0 spiro atoms. The van der Waals surface area contributed by atoms with Crippen molar-refractivity contribution in [1.29, 1.82) is 0 Å². The molecule has 0 radical (unpaired) electrons. The van der Waals surface area contributed by atoms with Gasteiger partial charge in [0, 0.05) is 27.9 Å². The predicted molar refractivity (Wildman–Crippen MR) is 117 cm³/mol. The van der Waals surface area contributed by atoms with Crippen LogP contribution in [0.3, 0.4) is 0 Å². The van der Waals surface area contributed by atoms with E-state index in [1.165, 1.54) is 0 Å². The van der Waals surface area contributed by atoms with Gasteiger partial charge in [0.15, 0.2) is 0 Å². The van der Waals surface area contributed by atoms with Gasteiger partial charge in [0.05, 0.1) is 22.9 Å². The third kappa shape index (κ3) is 4.43. The number of hydrogen-bond donors (Lipinski definition) is 1. The molecule has 5 nitrogen and oxygen atoms in total. The van der Waals surface area contributed by atoms with Crippen molar-refractivity contribution in [2.45, 2.75) is 27.3 Å². The molecule has 2 heterocycles. The van der Waals surface area contributed by atoms with Crippen molar-refractivity contribution >= 4 is 22.9 Å².